The predicted octanol–water partition coefficient (Wildman–Crippen LogP) is 3.05. The van der Waals surface area contributed by atoms with E-state index in [4.69, 9.17) is 9.47 Å². The van der Waals surface area contributed by atoms with Crippen molar-refractivity contribution in [3.05, 3.63) is 65.7 Å². The van der Waals surface area contributed by atoms with Crippen LogP contribution in [0, 0.1) is 0 Å². The first-order chi connectivity index (χ1) is 9.81. The van der Waals surface area contributed by atoms with Crippen LogP contribution in [0.1, 0.15) is 17.2 Å². The van der Waals surface area contributed by atoms with Gasteiger partial charge < -0.3 is 14.8 Å². The average Bonchev–Trinajstić information content (AvgIpc) is 2.93. The summed E-state index contributed by atoms with van der Waals surface area (Å²) in [4.78, 5) is 11.1. The van der Waals surface area contributed by atoms with Crippen LogP contribution in [0.2, 0.25) is 0 Å². The van der Waals surface area contributed by atoms with E-state index in [2.05, 4.69) is 5.32 Å². The van der Waals surface area contributed by atoms with Gasteiger partial charge in [0.15, 0.2) is 0 Å². The molecule has 4 heteroatoms. The number of benzene rings is 2. The van der Waals surface area contributed by atoms with Crippen LogP contribution in [0.3, 0.4) is 0 Å². The van der Waals surface area contributed by atoms with E-state index in [1.807, 2.05) is 54.6 Å². The summed E-state index contributed by atoms with van der Waals surface area (Å²) in [5.41, 5.74) is 2.11. The van der Waals surface area contributed by atoms with Gasteiger partial charge in [0.2, 0.25) is 0 Å². The molecule has 2 aromatic carbocycles. The van der Waals surface area contributed by atoms with E-state index in [0.717, 1.165) is 16.9 Å². The van der Waals surface area contributed by atoms with Gasteiger partial charge in [0.25, 0.3) is 0 Å². The summed E-state index contributed by atoms with van der Waals surface area (Å²) in [5.74, 6) is 0.785. The van der Waals surface area contributed by atoms with Crippen molar-refractivity contribution in [1.82, 2.24) is 5.32 Å². The largest absolute Gasteiger partial charge is 0.489 e. The van der Waals surface area contributed by atoms with E-state index in [9.17, 15) is 4.79 Å². The van der Waals surface area contributed by atoms with E-state index in [0.29, 0.717) is 13.2 Å². The lowest BCUT2D eigenvalue weighted by Crippen LogP contribution is -2.18. The van der Waals surface area contributed by atoms with E-state index in [1.165, 1.54) is 0 Å². The Hall–Kier alpha value is -2.49. The number of rotatable bonds is 4. The quantitative estimate of drug-likeness (QED) is 0.928. The van der Waals surface area contributed by atoms with Gasteiger partial charge >= 0.3 is 6.09 Å². The fourth-order valence-corrected chi connectivity index (χ4v) is 2.13. The molecule has 1 atom stereocenters. The van der Waals surface area contributed by atoms with Crippen molar-refractivity contribution in [3.63, 3.8) is 0 Å². The van der Waals surface area contributed by atoms with Crippen molar-refractivity contribution in [2.45, 2.75) is 12.6 Å². The molecule has 0 aliphatic carbocycles. The smallest absolute Gasteiger partial charge is 0.407 e. The summed E-state index contributed by atoms with van der Waals surface area (Å²) in [6, 6.07) is 17.6. The third kappa shape index (κ3) is 2.91. The Bertz CT molecular complexity index is 598. The van der Waals surface area contributed by atoms with Crippen LogP contribution in [0.25, 0.3) is 0 Å². The highest BCUT2D eigenvalue weighted by Gasteiger charge is 2.23. The van der Waals surface area contributed by atoms with Crippen LogP contribution in [0.15, 0.2) is 54.6 Å². The topological polar surface area (TPSA) is 47.6 Å². The first-order valence-corrected chi connectivity index (χ1v) is 6.51. The zero-order valence-electron chi connectivity index (χ0n) is 10.9. The monoisotopic (exact) mass is 269 g/mol. The molecule has 0 radical (unpaired) electrons. The van der Waals surface area contributed by atoms with E-state index >= 15 is 0 Å². The lowest BCUT2D eigenvalue weighted by Gasteiger charge is -2.11. The fourth-order valence-electron chi connectivity index (χ4n) is 2.13. The summed E-state index contributed by atoms with van der Waals surface area (Å²) in [6.45, 7) is 0.888. The minimum atomic E-state index is -0.370. The van der Waals surface area contributed by atoms with Crippen LogP contribution in [0.5, 0.6) is 5.75 Å². The second-order valence-electron chi connectivity index (χ2n) is 4.64. The molecule has 4 nitrogen and oxygen atoms in total. The number of nitrogens with one attached hydrogen (secondary N) is 1. The molecule has 1 aliphatic heterocycles. The van der Waals surface area contributed by atoms with Gasteiger partial charge in [-0.05, 0) is 23.3 Å². The van der Waals surface area contributed by atoms with Gasteiger partial charge in [0, 0.05) is 0 Å². The summed E-state index contributed by atoms with van der Waals surface area (Å²) in [7, 11) is 0. The number of cyclic esters (lactones) is 1. The number of alkyl carbamates (subject to hydrolysis) is 1. The van der Waals surface area contributed by atoms with E-state index < -0.39 is 0 Å². The summed E-state index contributed by atoms with van der Waals surface area (Å²) in [6.07, 6.45) is -0.370. The molecule has 20 heavy (non-hydrogen) atoms. The van der Waals surface area contributed by atoms with Crippen molar-refractivity contribution in [2.75, 3.05) is 6.61 Å². The zero-order valence-corrected chi connectivity index (χ0v) is 10.9. The Kier molecular flexibility index (Phi) is 3.54. The maximum atomic E-state index is 11.1. The van der Waals surface area contributed by atoms with Gasteiger partial charge in [-0.1, -0.05) is 42.5 Å². The maximum Gasteiger partial charge on any atom is 0.407 e. The lowest BCUT2D eigenvalue weighted by molar-refractivity contribution is 0.177. The molecule has 0 spiro atoms. The second-order valence-corrected chi connectivity index (χ2v) is 4.64. The SMILES string of the molecule is O=C1NC(c2cccc(OCc3ccccc3)c2)CO1. The Morgan fingerprint density at radius 3 is 2.75 bits per heavy atom. The molecule has 1 fully saturated rings. The van der Waals surface area contributed by atoms with Gasteiger partial charge in [0.05, 0.1) is 6.04 Å². The molecule has 102 valence electrons. The Balaban J connectivity index is 1.67. The Labute approximate surface area is 117 Å². The first-order valence-electron chi connectivity index (χ1n) is 6.51. The molecule has 1 heterocycles. The number of ether oxygens (including phenoxy) is 2. The normalized spacial score (nSPS) is 17.4. The molecule has 1 unspecified atom stereocenters. The highest BCUT2D eigenvalue weighted by molar-refractivity contribution is 5.70. The van der Waals surface area contributed by atoms with Crippen LogP contribution in [-0.4, -0.2) is 12.7 Å². The second kappa shape index (κ2) is 5.65. The van der Waals surface area contributed by atoms with Crippen molar-refractivity contribution < 1.29 is 14.3 Å². The zero-order chi connectivity index (χ0) is 13.8. The van der Waals surface area contributed by atoms with Crippen LogP contribution in [-0.2, 0) is 11.3 Å². The molecular weight excluding hydrogens is 254 g/mol. The highest BCUT2D eigenvalue weighted by Crippen LogP contribution is 2.23. The molecule has 1 aliphatic rings. The molecule has 0 saturated carbocycles. The molecule has 1 N–H and O–H groups in total. The van der Waals surface area contributed by atoms with Crippen molar-refractivity contribution in [2.24, 2.45) is 0 Å². The summed E-state index contributed by atoms with van der Waals surface area (Å²) >= 11 is 0. The van der Waals surface area contributed by atoms with Crippen molar-refractivity contribution >= 4 is 6.09 Å². The fraction of sp³-hybridized carbons (Fsp3) is 0.188. The van der Waals surface area contributed by atoms with Crippen molar-refractivity contribution in [1.29, 1.82) is 0 Å². The van der Waals surface area contributed by atoms with Gasteiger partial charge in [-0.3, -0.25) is 0 Å². The molecule has 1 amide bonds. The standard InChI is InChI=1S/C16H15NO3/c18-16-17-15(11-20-16)13-7-4-8-14(9-13)19-10-12-5-2-1-3-6-12/h1-9,15H,10-11H2,(H,17,18). The molecular formula is C16H15NO3. The van der Waals surface area contributed by atoms with E-state index in [1.54, 1.807) is 0 Å². The lowest BCUT2D eigenvalue weighted by atomic mass is 10.1. The predicted molar refractivity (Wildman–Crippen MR) is 74.4 cm³/mol. The first kappa shape index (κ1) is 12.5. The third-order valence-corrected chi connectivity index (χ3v) is 3.18. The van der Waals surface area contributed by atoms with Crippen LogP contribution in [0.4, 0.5) is 4.79 Å². The van der Waals surface area contributed by atoms with Crippen LogP contribution >= 0.6 is 0 Å². The molecule has 0 aromatic heterocycles. The Morgan fingerprint density at radius 2 is 2.00 bits per heavy atom. The molecule has 0 bridgehead atoms. The van der Waals surface area contributed by atoms with Crippen LogP contribution < -0.4 is 10.1 Å². The minimum Gasteiger partial charge on any atom is -0.489 e. The third-order valence-electron chi connectivity index (χ3n) is 3.18. The summed E-state index contributed by atoms with van der Waals surface area (Å²) < 4.78 is 10.7. The molecule has 1 saturated heterocycles. The van der Waals surface area contributed by atoms with Crippen molar-refractivity contribution in [3.8, 4) is 5.75 Å². The number of carbonyl (C=O) groups excluding carboxylic acids is 1. The van der Waals surface area contributed by atoms with E-state index in [-0.39, 0.29) is 12.1 Å². The number of hydrogen-bond acceptors (Lipinski definition) is 3. The average molecular weight is 269 g/mol. The maximum absolute atomic E-state index is 11.1. The van der Waals surface area contributed by atoms with Gasteiger partial charge in [0.1, 0.15) is 19.0 Å². The minimum absolute atomic E-state index is 0.0947. The van der Waals surface area contributed by atoms with Gasteiger partial charge in [-0.15, -0.1) is 0 Å². The Morgan fingerprint density at radius 1 is 1.15 bits per heavy atom. The summed E-state index contributed by atoms with van der Waals surface area (Å²) in [5, 5.41) is 2.75. The highest BCUT2D eigenvalue weighted by atomic mass is 16.6. The molecule has 3 rings (SSSR count). The number of hydrogen-bond donors (Lipinski definition) is 1. The van der Waals surface area contributed by atoms with Gasteiger partial charge in [-0.2, -0.15) is 0 Å². The number of carbonyl (C=O) groups is 1. The number of amides is 1. The molecule has 2 aromatic rings. The van der Waals surface area contributed by atoms with Gasteiger partial charge in [-0.25, -0.2) is 4.79 Å².